The molecule has 2 aliphatic heterocycles. The Bertz CT molecular complexity index is 1050. The van der Waals surface area contributed by atoms with Gasteiger partial charge in [-0.05, 0) is 43.9 Å². The van der Waals surface area contributed by atoms with Crippen molar-refractivity contribution in [3.8, 4) is 5.75 Å². The van der Waals surface area contributed by atoms with E-state index in [1.807, 2.05) is 11.9 Å². The Labute approximate surface area is 178 Å². The number of amides is 2. The van der Waals surface area contributed by atoms with E-state index >= 15 is 0 Å². The average Bonchev–Trinajstić information content (AvgIpc) is 2.75. The molecule has 0 unspecified atom stereocenters. The number of pyridine rings is 1. The van der Waals surface area contributed by atoms with Crippen LogP contribution in [0.3, 0.4) is 0 Å². The SMILES string of the molecule is CCN1C(=O)c2c(O)c(=O)c(C(=O)NCc3ccc(Cl)cc3)cn2N2CCCC[C@@H]12. The Morgan fingerprint density at radius 1 is 1.23 bits per heavy atom. The third-order valence-electron chi connectivity index (χ3n) is 5.66. The van der Waals surface area contributed by atoms with E-state index < -0.39 is 23.0 Å². The summed E-state index contributed by atoms with van der Waals surface area (Å²) in [6.45, 7) is 3.20. The molecule has 4 rings (SSSR count). The van der Waals surface area contributed by atoms with Gasteiger partial charge in [0.15, 0.2) is 11.4 Å². The van der Waals surface area contributed by atoms with Gasteiger partial charge in [-0.3, -0.25) is 24.1 Å². The fourth-order valence-corrected chi connectivity index (χ4v) is 4.25. The summed E-state index contributed by atoms with van der Waals surface area (Å²) in [4.78, 5) is 40.1. The lowest BCUT2D eigenvalue weighted by atomic mass is 10.1. The molecule has 0 aliphatic carbocycles. The molecule has 8 nitrogen and oxygen atoms in total. The zero-order valence-electron chi connectivity index (χ0n) is 16.6. The molecule has 9 heteroatoms. The van der Waals surface area contributed by atoms with Gasteiger partial charge in [-0.1, -0.05) is 23.7 Å². The number of hydrogen-bond acceptors (Lipinski definition) is 5. The Balaban J connectivity index is 1.68. The van der Waals surface area contributed by atoms with E-state index in [1.165, 1.54) is 10.9 Å². The van der Waals surface area contributed by atoms with Gasteiger partial charge in [-0.2, -0.15) is 0 Å². The van der Waals surface area contributed by atoms with Crippen LogP contribution in [0.5, 0.6) is 5.75 Å². The Morgan fingerprint density at radius 3 is 2.67 bits per heavy atom. The summed E-state index contributed by atoms with van der Waals surface area (Å²) < 4.78 is 1.49. The molecule has 30 heavy (non-hydrogen) atoms. The standard InChI is InChI=1S/C21H23ClN4O4/c1-2-24-16-5-3-4-10-25(16)26-12-15(18(27)19(28)17(26)21(24)30)20(29)23-11-13-6-8-14(22)9-7-13/h6-9,12,16,28H,2-5,10-11H2,1H3,(H,23,29)/t16-/m0/s1. The largest absolute Gasteiger partial charge is 0.502 e. The summed E-state index contributed by atoms with van der Waals surface area (Å²) in [6, 6.07) is 6.97. The van der Waals surface area contributed by atoms with Crippen LogP contribution >= 0.6 is 11.6 Å². The Kier molecular flexibility index (Phi) is 5.42. The molecule has 158 valence electrons. The van der Waals surface area contributed by atoms with Gasteiger partial charge in [-0.15, -0.1) is 0 Å². The number of nitrogens with one attached hydrogen (secondary N) is 1. The molecule has 2 aliphatic rings. The van der Waals surface area contributed by atoms with E-state index in [2.05, 4.69) is 5.32 Å². The number of aromatic nitrogens is 1. The molecule has 1 atom stereocenters. The van der Waals surface area contributed by atoms with Crippen molar-refractivity contribution in [2.45, 2.75) is 38.9 Å². The van der Waals surface area contributed by atoms with Gasteiger partial charge in [0.25, 0.3) is 11.8 Å². The van der Waals surface area contributed by atoms with Crippen LogP contribution in [0.2, 0.25) is 5.02 Å². The third kappa shape index (κ3) is 3.41. The zero-order valence-corrected chi connectivity index (χ0v) is 17.4. The number of benzene rings is 1. The maximum absolute atomic E-state index is 13.0. The van der Waals surface area contributed by atoms with Crippen LogP contribution in [0.4, 0.5) is 0 Å². The van der Waals surface area contributed by atoms with Gasteiger partial charge in [0.05, 0.1) is 0 Å². The van der Waals surface area contributed by atoms with E-state index in [4.69, 9.17) is 11.6 Å². The number of carbonyl (C=O) groups is 2. The van der Waals surface area contributed by atoms with Gasteiger partial charge in [0, 0.05) is 30.9 Å². The monoisotopic (exact) mass is 430 g/mol. The van der Waals surface area contributed by atoms with Gasteiger partial charge >= 0.3 is 0 Å². The molecule has 2 amide bonds. The number of nitrogens with zero attached hydrogens (tertiary/aromatic N) is 3. The number of rotatable bonds is 4. The number of hydrogen-bond donors (Lipinski definition) is 2. The lowest BCUT2D eigenvalue weighted by molar-refractivity contribution is 0.0534. The first-order valence-electron chi connectivity index (χ1n) is 10.0. The van der Waals surface area contributed by atoms with Crippen molar-refractivity contribution in [1.82, 2.24) is 14.9 Å². The molecule has 1 aromatic carbocycles. The highest BCUT2D eigenvalue weighted by molar-refractivity contribution is 6.30. The van der Waals surface area contributed by atoms with Gasteiger partial charge < -0.3 is 15.3 Å². The minimum atomic E-state index is -0.852. The van der Waals surface area contributed by atoms with E-state index in [0.29, 0.717) is 18.1 Å². The van der Waals surface area contributed by atoms with Gasteiger partial charge in [-0.25, -0.2) is 0 Å². The summed E-state index contributed by atoms with van der Waals surface area (Å²) in [5.41, 5.74) is -0.323. The van der Waals surface area contributed by atoms with E-state index in [1.54, 1.807) is 29.2 Å². The molecule has 0 saturated carbocycles. The van der Waals surface area contributed by atoms with Crippen molar-refractivity contribution in [3.05, 3.63) is 62.5 Å². The third-order valence-corrected chi connectivity index (χ3v) is 5.91. The molecule has 0 spiro atoms. The molecule has 3 heterocycles. The number of piperidine rings is 1. The van der Waals surface area contributed by atoms with Crippen LogP contribution in [0.25, 0.3) is 0 Å². The van der Waals surface area contributed by atoms with Crippen molar-refractivity contribution < 1.29 is 14.7 Å². The van der Waals surface area contributed by atoms with Crippen LogP contribution in [0.15, 0.2) is 35.3 Å². The number of halogens is 1. The predicted molar refractivity (Wildman–Crippen MR) is 112 cm³/mol. The van der Waals surface area contributed by atoms with E-state index in [0.717, 1.165) is 24.8 Å². The summed E-state index contributed by atoms with van der Waals surface area (Å²) in [7, 11) is 0. The summed E-state index contributed by atoms with van der Waals surface area (Å²) in [6.07, 6.45) is 3.92. The second-order valence-corrected chi connectivity index (χ2v) is 7.89. The smallest absolute Gasteiger partial charge is 0.278 e. The van der Waals surface area contributed by atoms with Gasteiger partial charge in [0.1, 0.15) is 11.7 Å². The fraction of sp³-hybridized carbons (Fsp3) is 0.381. The van der Waals surface area contributed by atoms with Crippen molar-refractivity contribution in [1.29, 1.82) is 0 Å². The molecular formula is C21H23ClN4O4. The van der Waals surface area contributed by atoms with Crippen LogP contribution in [0, 0.1) is 0 Å². The summed E-state index contributed by atoms with van der Waals surface area (Å²) in [5.74, 6) is -1.70. The first-order valence-corrected chi connectivity index (χ1v) is 10.4. The molecule has 2 N–H and O–H groups in total. The molecule has 1 saturated heterocycles. The van der Waals surface area contributed by atoms with Crippen LogP contribution in [0.1, 0.15) is 52.6 Å². The quantitative estimate of drug-likeness (QED) is 0.774. The van der Waals surface area contributed by atoms with Crippen molar-refractivity contribution in [2.75, 3.05) is 18.1 Å². The highest BCUT2D eigenvalue weighted by Gasteiger charge is 2.40. The normalized spacial score (nSPS) is 18.1. The molecule has 0 bridgehead atoms. The minimum Gasteiger partial charge on any atom is -0.502 e. The van der Waals surface area contributed by atoms with Crippen molar-refractivity contribution in [2.24, 2.45) is 0 Å². The highest BCUT2D eigenvalue weighted by atomic mass is 35.5. The highest BCUT2D eigenvalue weighted by Crippen LogP contribution is 2.29. The van der Waals surface area contributed by atoms with Crippen LogP contribution in [-0.4, -0.2) is 45.8 Å². The predicted octanol–water partition coefficient (Wildman–Crippen LogP) is 2.06. The van der Waals surface area contributed by atoms with Crippen LogP contribution in [-0.2, 0) is 6.54 Å². The molecule has 1 fully saturated rings. The molecular weight excluding hydrogens is 408 g/mol. The Morgan fingerprint density at radius 2 is 1.97 bits per heavy atom. The molecule has 2 aromatic rings. The number of fused-ring (bicyclic) bond motifs is 3. The summed E-state index contributed by atoms with van der Waals surface area (Å²) in [5, 5.41) is 15.8. The fourth-order valence-electron chi connectivity index (χ4n) is 4.13. The van der Waals surface area contributed by atoms with Crippen molar-refractivity contribution in [3.63, 3.8) is 0 Å². The van der Waals surface area contributed by atoms with Crippen LogP contribution < -0.4 is 15.8 Å². The zero-order chi connectivity index (χ0) is 21.4. The maximum atomic E-state index is 13.0. The van der Waals surface area contributed by atoms with E-state index in [-0.39, 0.29) is 24.0 Å². The molecule has 1 aromatic heterocycles. The first kappa shape index (κ1) is 20.3. The minimum absolute atomic E-state index is 0.0887. The lowest BCUT2D eigenvalue weighted by Gasteiger charge is -2.48. The second kappa shape index (κ2) is 8.02. The van der Waals surface area contributed by atoms with E-state index in [9.17, 15) is 19.5 Å². The lowest BCUT2D eigenvalue weighted by Crippen LogP contribution is -2.63. The Hall–Kier alpha value is -3.00. The van der Waals surface area contributed by atoms with Crippen molar-refractivity contribution >= 4 is 23.4 Å². The second-order valence-electron chi connectivity index (χ2n) is 7.45. The van der Waals surface area contributed by atoms with Gasteiger partial charge in [0.2, 0.25) is 5.43 Å². The number of aromatic hydroxyl groups is 1. The topological polar surface area (TPSA) is 94.9 Å². The maximum Gasteiger partial charge on any atom is 0.278 e. The average molecular weight is 431 g/mol. The molecule has 0 radical (unpaired) electrons. The number of carbonyl (C=O) groups excluding carboxylic acids is 2. The summed E-state index contributed by atoms with van der Waals surface area (Å²) >= 11 is 5.87. The first-order chi connectivity index (χ1) is 14.4.